The van der Waals surface area contributed by atoms with Crippen LogP contribution >= 0.6 is 11.3 Å². The van der Waals surface area contributed by atoms with Gasteiger partial charge in [0.15, 0.2) is 11.5 Å². The van der Waals surface area contributed by atoms with Crippen LogP contribution in [0.3, 0.4) is 0 Å². The first-order valence-electron chi connectivity index (χ1n) is 6.11. The number of carboxylic acid groups (broad SMARTS) is 1. The summed E-state index contributed by atoms with van der Waals surface area (Å²) in [6, 6.07) is 0.937. The van der Waals surface area contributed by atoms with Gasteiger partial charge in [-0.2, -0.15) is 0 Å². The second-order valence-corrected chi connectivity index (χ2v) is 5.25. The van der Waals surface area contributed by atoms with Crippen LogP contribution in [0.4, 0.5) is 4.79 Å². The Morgan fingerprint density at radius 1 is 1.52 bits per heavy atom. The zero-order valence-electron chi connectivity index (χ0n) is 11.4. The Labute approximate surface area is 124 Å². The average molecular weight is 310 g/mol. The van der Waals surface area contributed by atoms with Crippen molar-refractivity contribution >= 4 is 23.3 Å². The molecule has 1 atom stereocenters. The number of hydrogen-bond donors (Lipinski definition) is 3. The van der Waals surface area contributed by atoms with Crippen LogP contribution in [0.1, 0.15) is 39.9 Å². The number of aryl methyl sites for hydroxylation is 1. The zero-order chi connectivity index (χ0) is 15.4. The number of thiazole rings is 1. The highest BCUT2D eigenvalue weighted by molar-refractivity contribution is 7.09. The lowest BCUT2D eigenvalue weighted by molar-refractivity contribution is 0.0691. The molecule has 21 heavy (non-hydrogen) atoms. The maximum Gasteiger partial charge on any atom is 0.355 e. The summed E-state index contributed by atoms with van der Waals surface area (Å²) in [5.41, 5.74) is 0.714. The van der Waals surface area contributed by atoms with Crippen LogP contribution < -0.4 is 10.6 Å². The van der Waals surface area contributed by atoms with Crippen molar-refractivity contribution in [2.24, 2.45) is 0 Å². The van der Waals surface area contributed by atoms with Crippen LogP contribution in [0.2, 0.25) is 0 Å². The predicted octanol–water partition coefficient (Wildman–Crippen LogP) is 1.70. The summed E-state index contributed by atoms with van der Waals surface area (Å²) >= 11 is 1.18. The van der Waals surface area contributed by atoms with Crippen molar-refractivity contribution in [2.75, 3.05) is 0 Å². The van der Waals surface area contributed by atoms with E-state index in [1.165, 1.54) is 16.7 Å². The van der Waals surface area contributed by atoms with Gasteiger partial charge < -0.3 is 20.3 Å². The molecule has 0 spiro atoms. The van der Waals surface area contributed by atoms with Crippen molar-refractivity contribution < 1.29 is 19.2 Å². The number of nitrogens with one attached hydrogen (secondary N) is 2. The van der Waals surface area contributed by atoms with Crippen molar-refractivity contribution in [3.63, 3.8) is 0 Å². The molecule has 8 nitrogen and oxygen atoms in total. The summed E-state index contributed by atoms with van der Waals surface area (Å²) in [5.74, 6) is -0.535. The van der Waals surface area contributed by atoms with E-state index in [0.717, 1.165) is 5.69 Å². The Morgan fingerprint density at radius 2 is 2.29 bits per heavy atom. The van der Waals surface area contributed by atoms with E-state index in [0.29, 0.717) is 10.8 Å². The third-order valence-electron chi connectivity index (χ3n) is 2.56. The minimum Gasteiger partial charge on any atom is -0.476 e. The Morgan fingerprint density at radius 3 is 2.86 bits per heavy atom. The quantitative estimate of drug-likeness (QED) is 0.773. The van der Waals surface area contributed by atoms with Crippen LogP contribution in [-0.2, 0) is 6.54 Å². The van der Waals surface area contributed by atoms with Gasteiger partial charge in [0.05, 0.1) is 18.3 Å². The number of aromatic nitrogens is 2. The molecule has 0 bridgehead atoms. The normalized spacial score (nSPS) is 11.9. The van der Waals surface area contributed by atoms with Gasteiger partial charge in [0.2, 0.25) is 0 Å². The molecule has 2 aromatic rings. The minimum absolute atomic E-state index is 0.0267. The van der Waals surface area contributed by atoms with Crippen molar-refractivity contribution in [1.82, 2.24) is 20.8 Å². The lowest BCUT2D eigenvalue weighted by atomic mass is 10.3. The third-order valence-corrected chi connectivity index (χ3v) is 3.59. The summed E-state index contributed by atoms with van der Waals surface area (Å²) in [4.78, 5) is 26.4. The van der Waals surface area contributed by atoms with Crippen LogP contribution in [0, 0.1) is 6.92 Å². The molecule has 9 heteroatoms. The second kappa shape index (κ2) is 6.35. The van der Waals surface area contributed by atoms with Crippen molar-refractivity contribution in [2.45, 2.75) is 26.4 Å². The van der Waals surface area contributed by atoms with Gasteiger partial charge >= 0.3 is 12.0 Å². The van der Waals surface area contributed by atoms with Crippen molar-refractivity contribution in [3.8, 4) is 0 Å². The largest absolute Gasteiger partial charge is 0.476 e. The first-order valence-corrected chi connectivity index (χ1v) is 6.99. The topological polar surface area (TPSA) is 117 Å². The maximum absolute atomic E-state index is 11.7. The highest BCUT2D eigenvalue weighted by Crippen LogP contribution is 2.17. The number of aromatic carboxylic acids is 1. The molecule has 3 N–H and O–H groups in total. The van der Waals surface area contributed by atoms with Crippen molar-refractivity contribution in [1.29, 1.82) is 0 Å². The lowest BCUT2D eigenvalue weighted by Crippen LogP contribution is -2.36. The van der Waals surface area contributed by atoms with Crippen molar-refractivity contribution in [3.05, 3.63) is 33.6 Å². The van der Waals surface area contributed by atoms with Gasteiger partial charge in [-0.3, -0.25) is 0 Å². The predicted molar refractivity (Wildman–Crippen MR) is 74.1 cm³/mol. The van der Waals surface area contributed by atoms with Gasteiger partial charge in [0.25, 0.3) is 0 Å². The van der Waals surface area contributed by atoms with Crippen LogP contribution in [0.15, 0.2) is 16.0 Å². The fourth-order valence-electron chi connectivity index (χ4n) is 1.56. The molecule has 0 saturated heterocycles. The molecule has 0 saturated carbocycles. The number of nitrogens with zero attached hydrogens (tertiary/aromatic N) is 2. The molecular weight excluding hydrogens is 296 g/mol. The van der Waals surface area contributed by atoms with E-state index in [9.17, 15) is 9.59 Å². The summed E-state index contributed by atoms with van der Waals surface area (Å²) in [6.45, 7) is 3.73. The van der Waals surface area contributed by atoms with E-state index in [4.69, 9.17) is 9.63 Å². The van der Waals surface area contributed by atoms with Crippen LogP contribution in [0.5, 0.6) is 0 Å². The summed E-state index contributed by atoms with van der Waals surface area (Å²) < 4.78 is 4.97. The van der Waals surface area contributed by atoms with E-state index in [-0.39, 0.29) is 18.3 Å². The fraction of sp³-hybridized carbons (Fsp3) is 0.333. The molecule has 112 valence electrons. The molecule has 2 amide bonds. The Bertz CT molecular complexity index is 651. The number of amides is 2. The van der Waals surface area contributed by atoms with E-state index in [1.807, 2.05) is 0 Å². The first kappa shape index (κ1) is 15.0. The molecule has 2 heterocycles. The van der Waals surface area contributed by atoms with E-state index < -0.39 is 12.0 Å². The Hall–Kier alpha value is -2.42. The van der Waals surface area contributed by atoms with Gasteiger partial charge in [-0.05, 0) is 13.8 Å². The molecule has 0 aliphatic carbocycles. The van der Waals surface area contributed by atoms with Gasteiger partial charge in [-0.15, -0.1) is 11.3 Å². The Kier molecular flexibility index (Phi) is 4.53. The highest BCUT2D eigenvalue weighted by Gasteiger charge is 2.16. The monoisotopic (exact) mass is 310 g/mol. The second-order valence-electron chi connectivity index (χ2n) is 4.36. The SMILES string of the molecule is Cc1cc(CNC(=O)NC(C)c2nc(C(=O)O)cs2)on1. The Balaban J connectivity index is 1.85. The number of carboxylic acids is 1. The standard InChI is InChI=1S/C12H14N4O4S/c1-6-3-8(20-16-6)4-13-12(19)14-7(2)10-15-9(5-21-10)11(17)18/h3,5,7H,4H2,1-2H3,(H,17,18)(H2,13,14,19). The average Bonchev–Trinajstić information content (AvgIpc) is 3.05. The van der Waals surface area contributed by atoms with Crippen LogP contribution in [-0.4, -0.2) is 27.2 Å². The van der Waals surface area contributed by atoms with E-state index in [2.05, 4.69) is 20.8 Å². The van der Waals surface area contributed by atoms with E-state index >= 15 is 0 Å². The number of carbonyl (C=O) groups excluding carboxylic acids is 1. The van der Waals surface area contributed by atoms with E-state index in [1.54, 1.807) is 19.9 Å². The number of carbonyl (C=O) groups is 2. The maximum atomic E-state index is 11.7. The number of rotatable bonds is 5. The smallest absolute Gasteiger partial charge is 0.355 e. The number of hydrogen-bond acceptors (Lipinski definition) is 6. The zero-order valence-corrected chi connectivity index (χ0v) is 12.2. The van der Waals surface area contributed by atoms with Gasteiger partial charge in [0.1, 0.15) is 5.01 Å². The van der Waals surface area contributed by atoms with Crippen LogP contribution in [0.25, 0.3) is 0 Å². The molecule has 0 aliphatic heterocycles. The molecule has 0 aliphatic rings. The van der Waals surface area contributed by atoms with Gasteiger partial charge in [0, 0.05) is 11.4 Å². The summed E-state index contributed by atoms with van der Waals surface area (Å²) in [5, 5.41) is 19.8. The first-order chi connectivity index (χ1) is 9.95. The molecular formula is C12H14N4O4S. The third kappa shape index (κ3) is 4.02. The molecule has 0 radical (unpaired) electrons. The molecule has 2 rings (SSSR count). The van der Waals surface area contributed by atoms with Gasteiger partial charge in [-0.25, -0.2) is 14.6 Å². The molecule has 2 aromatic heterocycles. The number of urea groups is 1. The summed E-state index contributed by atoms with van der Waals surface area (Å²) in [6.07, 6.45) is 0. The molecule has 0 aromatic carbocycles. The lowest BCUT2D eigenvalue weighted by Gasteiger charge is -2.11. The summed E-state index contributed by atoms with van der Waals surface area (Å²) in [7, 11) is 0. The molecule has 0 fully saturated rings. The molecule has 1 unspecified atom stereocenters. The fourth-order valence-corrected chi connectivity index (χ4v) is 2.36. The van der Waals surface area contributed by atoms with Gasteiger partial charge in [-0.1, -0.05) is 5.16 Å². The highest BCUT2D eigenvalue weighted by atomic mass is 32.1. The minimum atomic E-state index is -1.09.